The number of hydrogen-bond acceptors (Lipinski definition) is 3. The lowest BCUT2D eigenvalue weighted by atomic mass is 9.81. The molecule has 0 aliphatic heterocycles. The van der Waals surface area contributed by atoms with Gasteiger partial charge in [0.1, 0.15) is 0 Å². The van der Waals surface area contributed by atoms with Gasteiger partial charge in [-0.15, -0.1) is 0 Å². The maximum absolute atomic E-state index is 11.6. The van der Waals surface area contributed by atoms with Crippen molar-refractivity contribution < 1.29 is 13.5 Å². The predicted molar refractivity (Wildman–Crippen MR) is 63.6 cm³/mol. The molecular formula is C11H24O3S. The summed E-state index contributed by atoms with van der Waals surface area (Å²) in [5.41, 5.74) is -0.206. The molecule has 1 N–H and O–H groups in total. The quantitative estimate of drug-likeness (QED) is 0.735. The van der Waals surface area contributed by atoms with E-state index in [1.165, 1.54) is 0 Å². The van der Waals surface area contributed by atoms with Crippen LogP contribution in [0.4, 0.5) is 0 Å². The summed E-state index contributed by atoms with van der Waals surface area (Å²) in [4.78, 5) is 0. The highest BCUT2D eigenvalue weighted by molar-refractivity contribution is 7.91. The van der Waals surface area contributed by atoms with Gasteiger partial charge >= 0.3 is 0 Å². The number of aliphatic hydroxyl groups excluding tert-OH is 1. The fraction of sp³-hybridized carbons (Fsp3) is 1.00. The lowest BCUT2D eigenvalue weighted by Gasteiger charge is -2.29. The molecule has 0 unspecified atom stereocenters. The maximum Gasteiger partial charge on any atom is 0.152 e. The molecule has 0 radical (unpaired) electrons. The highest BCUT2D eigenvalue weighted by Gasteiger charge is 2.28. The van der Waals surface area contributed by atoms with Crippen molar-refractivity contribution in [2.45, 2.75) is 52.2 Å². The minimum atomic E-state index is -2.97. The Balaban J connectivity index is 4.48. The molecule has 4 heteroatoms. The fourth-order valence-corrected chi connectivity index (χ4v) is 2.69. The van der Waals surface area contributed by atoms with E-state index in [0.29, 0.717) is 6.42 Å². The smallest absolute Gasteiger partial charge is 0.152 e. The lowest BCUT2D eigenvalue weighted by Crippen LogP contribution is -2.29. The molecule has 0 rings (SSSR count). The molecule has 0 aromatic heterocycles. The first-order valence-electron chi connectivity index (χ1n) is 5.66. The van der Waals surface area contributed by atoms with Crippen molar-refractivity contribution in [1.82, 2.24) is 0 Å². The van der Waals surface area contributed by atoms with Crippen molar-refractivity contribution in [2.75, 3.05) is 12.4 Å². The van der Waals surface area contributed by atoms with E-state index in [0.717, 1.165) is 12.8 Å². The van der Waals surface area contributed by atoms with E-state index in [-0.39, 0.29) is 23.0 Å². The van der Waals surface area contributed by atoms with E-state index < -0.39 is 9.84 Å². The van der Waals surface area contributed by atoms with Crippen LogP contribution in [0.1, 0.15) is 47.0 Å². The summed E-state index contributed by atoms with van der Waals surface area (Å²) < 4.78 is 23.3. The largest absolute Gasteiger partial charge is 0.396 e. The Labute approximate surface area is 93.8 Å². The molecule has 0 amide bonds. The van der Waals surface area contributed by atoms with Gasteiger partial charge in [-0.25, -0.2) is 8.42 Å². The first-order valence-corrected chi connectivity index (χ1v) is 7.37. The van der Waals surface area contributed by atoms with Gasteiger partial charge in [0, 0.05) is 6.61 Å². The zero-order chi connectivity index (χ0) is 12.1. The Hall–Kier alpha value is -0.0900. The molecule has 0 saturated carbocycles. The molecule has 0 spiro atoms. The summed E-state index contributed by atoms with van der Waals surface area (Å²) in [6, 6.07) is 0. The zero-order valence-electron chi connectivity index (χ0n) is 10.3. The maximum atomic E-state index is 11.6. The average molecular weight is 236 g/mol. The molecule has 0 heterocycles. The van der Waals surface area contributed by atoms with Gasteiger partial charge in [0.05, 0.1) is 11.0 Å². The van der Waals surface area contributed by atoms with Crippen LogP contribution in [-0.4, -0.2) is 31.1 Å². The van der Waals surface area contributed by atoms with E-state index in [1.54, 1.807) is 13.8 Å². The van der Waals surface area contributed by atoms with Gasteiger partial charge in [0.15, 0.2) is 9.84 Å². The Kier molecular flexibility index (Phi) is 5.81. The molecule has 15 heavy (non-hydrogen) atoms. The molecule has 0 saturated heterocycles. The third-order valence-electron chi connectivity index (χ3n) is 3.47. The summed E-state index contributed by atoms with van der Waals surface area (Å²) in [6.07, 6.45) is 2.22. The zero-order valence-corrected chi connectivity index (χ0v) is 11.1. The van der Waals surface area contributed by atoms with Crippen molar-refractivity contribution in [3.63, 3.8) is 0 Å². The average Bonchev–Trinajstić information content (AvgIpc) is 2.20. The second-order valence-electron chi connectivity index (χ2n) is 4.53. The van der Waals surface area contributed by atoms with Gasteiger partial charge in [-0.3, -0.25) is 0 Å². The standard InChI is InChI=1S/C11H24O3S/c1-5-11(6-2,9-12)7-8-15(13,14)10(3)4/h10,12H,5-9H2,1-4H3. The molecule has 0 bridgehead atoms. The molecule has 0 fully saturated rings. The van der Waals surface area contributed by atoms with Gasteiger partial charge in [-0.1, -0.05) is 13.8 Å². The van der Waals surface area contributed by atoms with Crippen LogP contribution in [0.25, 0.3) is 0 Å². The Morgan fingerprint density at radius 3 is 1.93 bits per heavy atom. The molecule has 0 atom stereocenters. The van der Waals surface area contributed by atoms with E-state index >= 15 is 0 Å². The summed E-state index contributed by atoms with van der Waals surface area (Å²) in [6.45, 7) is 7.48. The number of aliphatic hydroxyl groups is 1. The van der Waals surface area contributed by atoms with Crippen molar-refractivity contribution in [3.05, 3.63) is 0 Å². The molecule has 3 nitrogen and oxygen atoms in total. The molecule has 92 valence electrons. The summed E-state index contributed by atoms with van der Waals surface area (Å²) in [5, 5.41) is 9.00. The third-order valence-corrected chi connectivity index (χ3v) is 5.68. The van der Waals surface area contributed by atoms with E-state index in [2.05, 4.69) is 0 Å². The number of hydrogen-bond donors (Lipinski definition) is 1. The van der Waals surface area contributed by atoms with Crippen LogP contribution in [0.5, 0.6) is 0 Å². The van der Waals surface area contributed by atoms with Crippen LogP contribution < -0.4 is 0 Å². The lowest BCUT2D eigenvalue weighted by molar-refractivity contribution is 0.111. The van der Waals surface area contributed by atoms with Crippen molar-refractivity contribution in [3.8, 4) is 0 Å². The normalized spacial score (nSPS) is 13.5. The SMILES string of the molecule is CCC(CC)(CO)CCS(=O)(=O)C(C)C. The highest BCUT2D eigenvalue weighted by Crippen LogP contribution is 2.30. The van der Waals surface area contributed by atoms with Gasteiger partial charge in [0.2, 0.25) is 0 Å². The van der Waals surface area contributed by atoms with E-state index in [4.69, 9.17) is 0 Å². The van der Waals surface area contributed by atoms with E-state index in [1.807, 2.05) is 13.8 Å². The second-order valence-corrected chi connectivity index (χ2v) is 7.21. The Bertz CT molecular complexity index is 255. The van der Waals surface area contributed by atoms with Crippen LogP contribution in [-0.2, 0) is 9.84 Å². The highest BCUT2D eigenvalue weighted by atomic mass is 32.2. The molecular weight excluding hydrogens is 212 g/mol. The van der Waals surface area contributed by atoms with Crippen molar-refractivity contribution in [1.29, 1.82) is 0 Å². The predicted octanol–water partition coefficient (Wildman–Crippen LogP) is 2.00. The monoisotopic (exact) mass is 236 g/mol. The van der Waals surface area contributed by atoms with Gasteiger partial charge in [-0.2, -0.15) is 0 Å². The van der Waals surface area contributed by atoms with Crippen LogP contribution in [0.15, 0.2) is 0 Å². The topological polar surface area (TPSA) is 54.4 Å². The minimum absolute atomic E-state index is 0.0770. The van der Waals surface area contributed by atoms with Crippen LogP contribution >= 0.6 is 0 Å². The first-order chi connectivity index (χ1) is 6.83. The van der Waals surface area contributed by atoms with E-state index in [9.17, 15) is 13.5 Å². The van der Waals surface area contributed by atoms with Crippen molar-refractivity contribution >= 4 is 9.84 Å². The van der Waals surface area contributed by atoms with Gasteiger partial charge < -0.3 is 5.11 Å². The Morgan fingerprint density at radius 2 is 1.67 bits per heavy atom. The summed E-state index contributed by atoms with van der Waals surface area (Å²) in [7, 11) is -2.97. The number of sulfone groups is 1. The number of rotatable bonds is 7. The minimum Gasteiger partial charge on any atom is -0.396 e. The molecule has 0 aliphatic rings. The van der Waals surface area contributed by atoms with Crippen molar-refractivity contribution in [2.24, 2.45) is 5.41 Å². The Morgan fingerprint density at radius 1 is 1.20 bits per heavy atom. The summed E-state index contributed by atoms with van der Waals surface area (Å²) >= 11 is 0. The van der Waals surface area contributed by atoms with Gasteiger partial charge in [-0.05, 0) is 38.5 Å². The molecule has 0 aromatic rings. The third kappa shape index (κ3) is 4.11. The molecule has 0 aromatic carbocycles. The summed E-state index contributed by atoms with van der Waals surface area (Å²) in [5.74, 6) is 0.187. The van der Waals surface area contributed by atoms with Crippen LogP contribution in [0.3, 0.4) is 0 Å². The second kappa shape index (κ2) is 5.85. The molecule has 0 aliphatic carbocycles. The van der Waals surface area contributed by atoms with Crippen LogP contribution in [0, 0.1) is 5.41 Å². The fourth-order valence-electron chi connectivity index (χ4n) is 1.50. The van der Waals surface area contributed by atoms with Gasteiger partial charge in [0.25, 0.3) is 0 Å². The first kappa shape index (κ1) is 14.9. The van der Waals surface area contributed by atoms with Crippen LogP contribution in [0.2, 0.25) is 0 Å².